The summed E-state index contributed by atoms with van der Waals surface area (Å²) >= 11 is 0. The van der Waals surface area contributed by atoms with Gasteiger partial charge in [-0.15, -0.1) is 0 Å². The lowest BCUT2D eigenvalue weighted by molar-refractivity contribution is -0.146. The lowest BCUT2D eigenvalue weighted by Gasteiger charge is -2.42. The number of hydrogen-bond donors (Lipinski definition) is 0. The van der Waals surface area contributed by atoms with Crippen molar-refractivity contribution in [2.24, 2.45) is 0 Å². The molecular formula is C50H61FN6O8. The van der Waals surface area contributed by atoms with E-state index in [1.807, 2.05) is 86.3 Å². The molecule has 14 nitrogen and oxygen atoms in total. The van der Waals surface area contributed by atoms with E-state index in [4.69, 9.17) is 43.4 Å². The number of ether oxygens (including phenoxy) is 6. The number of anilines is 1. The number of amides is 1. The molecule has 5 aromatic rings. The van der Waals surface area contributed by atoms with Crippen LogP contribution in [0.3, 0.4) is 0 Å². The van der Waals surface area contributed by atoms with Crippen LogP contribution in [0.4, 0.5) is 15.0 Å². The highest BCUT2D eigenvalue weighted by molar-refractivity contribution is 6.01. The van der Waals surface area contributed by atoms with Crippen molar-refractivity contribution < 1.29 is 42.4 Å². The van der Waals surface area contributed by atoms with Gasteiger partial charge in [-0.05, 0) is 99.9 Å². The molecule has 3 aliphatic heterocycles. The predicted molar refractivity (Wildman–Crippen MR) is 246 cm³/mol. The molecule has 0 radical (unpaired) electrons. The van der Waals surface area contributed by atoms with Gasteiger partial charge in [0.05, 0.1) is 30.5 Å². The zero-order valence-electron chi connectivity index (χ0n) is 38.2. The van der Waals surface area contributed by atoms with Crippen molar-refractivity contribution in [2.75, 3.05) is 64.8 Å². The first kappa shape index (κ1) is 45.9. The summed E-state index contributed by atoms with van der Waals surface area (Å²) in [7, 11) is 1.56. The van der Waals surface area contributed by atoms with Crippen LogP contribution in [-0.2, 0) is 36.8 Å². The highest BCUT2D eigenvalue weighted by Gasteiger charge is 2.45. The molecule has 3 saturated heterocycles. The van der Waals surface area contributed by atoms with Gasteiger partial charge < -0.3 is 33.3 Å². The lowest BCUT2D eigenvalue weighted by Crippen LogP contribution is -2.57. The number of aryl methyl sites for hydroxylation is 1. The van der Waals surface area contributed by atoms with Gasteiger partial charge in [0.25, 0.3) is 0 Å². The number of pyridine rings is 1. The second-order valence-electron chi connectivity index (χ2n) is 18.1. The van der Waals surface area contributed by atoms with E-state index in [1.165, 1.54) is 0 Å². The molecule has 0 saturated carbocycles. The number of hydrogen-bond acceptors (Lipinski definition) is 13. The fourth-order valence-corrected chi connectivity index (χ4v) is 9.36. The molecule has 2 bridgehead atoms. The molecule has 2 unspecified atom stereocenters. The number of benzene rings is 3. The molecule has 0 aliphatic carbocycles. The van der Waals surface area contributed by atoms with Crippen LogP contribution in [0.1, 0.15) is 77.3 Å². The third-order valence-corrected chi connectivity index (χ3v) is 12.4. The second kappa shape index (κ2) is 20.7. The summed E-state index contributed by atoms with van der Waals surface area (Å²) in [6, 6.07) is 19.3. The van der Waals surface area contributed by atoms with Gasteiger partial charge in [0.1, 0.15) is 41.6 Å². The maximum atomic E-state index is 17.5. The van der Waals surface area contributed by atoms with Crippen LogP contribution >= 0.6 is 0 Å². The van der Waals surface area contributed by atoms with Crippen molar-refractivity contribution in [2.45, 2.75) is 103 Å². The first-order chi connectivity index (χ1) is 31.5. The predicted octanol–water partition coefficient (Wildman–Crippen LogP) is 8.50. The summed E-state index contributed by atoms with van der Waals surface area (Å²) < 4.78 is 52.0. The Balaban J connectivity index is 1.02. The maximum Gasteiger partial charge on any atom is 0.410 e. The minimum absolute atomic E-state index is 0.0343. The van der Waals surface area contributed by atoms with E-state index < -0.39 is 11.4 Å². The summed E-state index contributed by atoms with van der Waals surface area (Å²) in [4.78, 5) is 46.6. The fourth-order valence-electron chi connectivity index (χ4n) is 9.36. The van der Waals surface area contributed by atoms with Crippen LogP contribution in [0.5, 0.6) is 11.8 Å². The van der Waals surface area contributed by atoms with Crippen molar-refractivity contribution in [3.8, 4) is 23.0 Å². The quantitative estimate of drug-likeness (QED) is 0.0473. The molecule has 346 valence electrons. The first-order valence-electron chi connectivity index (χ1n) is 22.9. The number of esters is 1. The molecule has 0 N–H and O–H groups in total. The van der Waals surface area contributed by atoms with Crippen molar-refractivity contribution in [1.29, 1.82) is 0 Å². The number of aromatic nitrogens is 3. The zero-order valence-corrected chi connectivity index (χ0v) is 38.2. The van der Waals surface area contributed by atoms with E-state index in [2.05, 4.69) is 16.7 Å². The van der Waals surface area contributed by atoms with Crippen LogP contribution < -0.4 is 14.4 Å². The van der Waals surface area contributed by atoms with Crippen molar-refractivity contribution in [3.05, 3.63) is 83.8 Å². The highest BCUT2D eigenvalue weighted by Crippen LogP contribution is 2.40. The molecule has 5 heterocycles. The van der Waals surface area contributed by atoms with Gasteiger partial charge in [-0.25, -0.2) is 9.18 Å². The van der Waals surface area contributed by atoms with E-state index in [9.17, 15) is 9.59 Å². The Kier molecular flexibility index (Phi) is 14.6. The molecule has 65 heavy (non-hydrogen) atoms. The summed E-state index contributed by atoms with van der Waals surface area (Å²) in [6.07, 6.45) is 6.65. The summed E-state index contributed by atoms with van der Waals surface area (Å²) in [5, 5.41) is 2.24. The molecule has 3 atom stereocenters. The van der Waals surface area contributed by atoms with Gasteiger partial charge in [0.15, 0.2) is 12.6 Å². The van der Waals surface area contributed by atoms with Crippen LogP contribution in [0.25, 0.3) is 32.9 Å². The number of likely N-dealkylation sites (tertiary alicyclic amines) is 1. The Bertz CT molecular complexity index is 2440. The van der Waals surface area contributed by atoms with E-state index in [1.54, 1.807) is 13.3 Å². The van der Waals surface area contributed by atoms with E-state index in [0.717, 1.165) is 73.5 Å². The minimum Gasteiger partial charge on any atom is -0.468 e. The summed E-state index contributed by atoms with van der Waals surface area (Å²) in [6.45, 7) is 11.8. The normalized spacial score (nSPS) is 18.7. The number of carbonyl (C=O) groups is 2. The van der Waals surface area contributed by atoms with Gasteiger partial charge in [-0.1, -0.05) is 55.5 Å². The Hall–Kier alpha value is -5.64. The third kappa shape index (κ3) is 10.9. The van der Waals surface area contributed by atoms with Crippen molar-refractivity contribution in [3.63, 3.8) is 0 Å². The number of nitrogens with zero attached hydrogens (tertiary/aromatic N) is 6. The summed E-state index contributed by atoms with van der Waals surface area (Å²) in [5.74, 6) is 0.175. The van der Waals surface area contributed by atoms with Gasteiger partial charge >= 0.3 is 18.1 Å². The van der Waals surface area contributed by atoms with E-state index in [-0.39, 0.29) is 67.2 Å². The van der Waals surface area contributed by atoms with Gasteiger partial charge in [0, 0.05) is 51.2 Å². The number of piperazine rings is 1. The minimum atomic E-state index is -0.620. The van der Waals surface area contributed by atoms with Crippen LogP contribution in [-0.4, -0.2) is 120 Å². The molecule has 1 amide bonds. The smallest absolute Gasteiger partial charge is 0.410 e. The lowest BCUT2D eigenvalue weighted by atomic mass is 9.95. The van der Waals surface area contributed by atoms with Crippen molar-refractivity contribution in [1.82, 2.24) is 24.8 Å². The molecule has 15 heteroatoms. The zero-order chi connectivity index (χ0) is 45.5. The molecule has 3 aromatic carbocycles. The monoisotopic (exact) mass is 892 g/mol. The third-order valence-electron chi connectivity index (χ3n) is 12.4. The van der Waals surface area contributed by atoms with E-state index >= 15 is 4.39 Å². The molecule has 0 spiro atoms. The first-order valence-corrected chi connectivity index (χ1v) is 22.9. The molecule has 2 aromatic heterocycles. The largest absolute Gasteiger partial charge is 0.468 e. The van der Waals surface area contributed by atoms with Gasteiger partial charge in [-0.2, -0.15) is 9.97 Å². The highest BCUT2D eigenvalue weighted by atomic mass is 19.1. The molecule has 3 aliphatic rings. The van der Waals surface area contributed by atoms with E-state index in [0.29, 0.717) is 55.4 Å². The Morgan fingerprint density at radius 2 is 1.74 bits per heavy atom. The average molecular weight is 893 g/mol. The molecule has 8 rings (SSSR count). The van der Waals surface area contributed by atoms with Gasteiger partial charge in [0.2, 0.25) is 0 Å². The summed E-state index contributed by atoms with van der Waals surface area (Å²) in [5.41, 5.74) is 2.22. The SMILES string of the molecule is CCc1cccc2cc(OCOC)cc(-c3ncc4c(N5CC6CCC(C5)N6C(=O)OC(C)(C)C)nc(OC[C@@H]5CCCN5CCCOCCC(=O)OCc5ccccc5)nc4c3F)c12. The van der Waals surface area contributed by atoms with Gasteiger partial charge in [-0.3, -0.25) is 19.6 Å². The van der Waals surface area contributed by atoms with Crippen LogP contribution in [0.2, 0.25) is 0 Å². The average Bonchev–Trinajstić information content (AvgIpc) is 3.87. The standard InChI is InChI=1S/C50H61FN6O8/c1-6-34-15-10-16-35-25-39(64-32-60-5)26-40(43(34)35)45-44(51)46-41(27-52-45)47(56-28-36-18-19-37(29-56)57(36)49(59)65-50(2,3)4)54-48(53-46)63-31-38-17-11-21-55(38)22-12-23-61-24-20-42(58)62-30-33-13-8-7-9-14-33/h7-10,13-16,25-27,36-38H,6,11-12,17-24,28-32H2,1-5H3/t36?,37?,38-/m0/s1. The topological polar surface area (TPSA) is 138 Å². The number of fused-ring (bicyclic) bond motifs is 4. The maximum absolute atomic E-state index is 17.5. The van der Waals surface area contributed by atoms with Crippen molar-refractivity contribution >= 4 is 39.6 Å². The number of rotatable bonds is 18. The van der Waals surface area contributed by atoms with Crippen LogP contribution in [0.15, 0.2) is 66.9 Å². The number of halogens is 1. The Morgan fingerprint density at radius 1 is 0.938 bits per heavy atom. The fraction of sp³-hybridized carbons (Fsp3) is 0.500. The second-order valence-corrected chi connectivity index (χ2v) is 18.1. The molecular weight excluding hydrogens is 832 g/mol. The Labute approximate surface area is 380 Å². The van der Waals surface area contributed by atoms with Crippen LogP contribution in [0, 0.1) is 5.82 Å². The Morgan fingerprint density at radius 3 is 2.49 bits per heavy atom. The number of methoxy groups -OCH3 is 1. The molecule has 3 fully saturated rings. The number of carbonyl (C=O) groups excluding carboxylic acids is 2.